The number of aliphatic imine (C=N–C) groups is 1. The summed E-state index contributed by atoms with van der Waals surface area (Å²) in [5.74, 6) is 1.04. The molecule has 0 spiro atoms. The molecule has 1 aliphatic heterocycles. The number of nitrogens with two attached hydrogens (primary N) is 2. The van der Waals surface area contributed by atoms with Crippen molar-refractivity contribution in [2.24, 2.45) is 10.9 Å². The predicted octanol–water partition coefficient (Wildman–Crippen LogP) is 4.98. The first kappa shape index (κ1) is 26.2. The van der Waals surface area contributed by atoms with Gasteiger partial charge >= 0.3 is 6.09 Å². The second kappa shape index (κ2) is 12.0. The summed E-state index contributed by atoms with van der Waals surface area (Å²) in [6.07, 6.45) is 8.09. The molecule has 9 nitrogen and oxygen atoms in total. The number of fused-ring (bicyclic) bond motifs is 1. The number of ether oxygens (including phenoxy) is 1. The number of rotatable bonds is 8. The zero-order valence-corrected chi connectivity index (χ0v) is 22.3. The number of amides is 1. The Balaban J connectivity index is 1.28. The number of hydrogen-bond acceptors (Lipinski definition) is 7. The van der Waals surface area contributed by atoms with Crippen LogP contribution in [0.25, 0.3) is 16.6 Å². The Kier molecular flexibility index (Phi) is 8.05. The Bertz CT molecular complexity index is 1460. The lowest BCUT2D eigenvalue weighted by molar-refractivity contribution is 0.104. The van der Waals surface area contributed by atoms with Crippen molar-refractivity contribution in [2.75, 3.05) is 31.7 Å². The van der Waals surface area contributed by atoms with Crippen LogP contribution in [0.15, 0.2) is 65.9 Å². The van der Waals surface area contributed by atoms with E-state index in [1.807, 2.05) is 47.1 Å². The molecule has 2 aromatic carbocycles. The highest BCUT2D eigenvalue weighted by Gasteiger charge is 2.23. The van der Waals surface area contributed by atoms with Crippen molar-refractivity contribution in [3.05, 3.63) is 77.7 Å². The number of likely N-dealkylation sites (tertiary alicyclic amines) is 1. The number of hydrogen-bond donors (Lipinski definition) is 2. The molecule has 39 heavy (non-hydrogen) atoms. The molecule has 4 aromatic rings. The predicted molar refractivity (Wildman–Crippen MR) is 155 cm³/mol. The van der Waals surface area contributed by atoms with Gasteiger partial charge in [-0.25, -0.2) is 14.3 Å². The van der Waals surface area contributed by atoms with Gasteiger partial charge in [0.15, 0.2) is 5.82 Å². The molecule has 0 unspecified atom stereocenters. The largest absolute Gasteiger partial charge is 0.453 e. The normalized spacial score (nSPS) is 14.3. The fourth-order valence-corrected chi connectivity index (χ4v) is 5.33. The van der Waals surface area contributed by atoms with Gasteiger partial charge in [-0.15, -0.1) is 0 Å². The molecule has 0 aliphatic carbocycles. The highest BCUT2D eigenvalue weighted by atomic mass is 16.5. The molecule has 0 bridgehead atoms. The number of nitrogens with zero attached hydrogens (tertiary/aromatic N) is 5. The SMILES string of the molecule is COC(=O)N1CCC(CCCc2cc(-c3ccc(C=NCc4ccccc4)c(N)c3)c3c(N)ncnn23)CC1. The second-order valence-electron chi connectivity index (χ2n) is 10.0. The van der Waals surface area contributed by atoms with Gasteiger partial charge in [0.2, 0.25) is 0 Å². The van der Waals surface area contributed by atoms with Crippen LogP contribution < -0.4 is 11.5 Å². The van der Waals surface area contributed by atoms with Crippen molar-refractivity contribution < 1.29 is 9.53 Å². The fraction of sp³-hybridized carbons (Fsp3) is 0.333. The molecule has 1 saturated heterocycles. The number of aryl methyl sites for hydroxylation is 1. The number of nitrogen functional groups attached to an aromatic ring is 2. The van der Waals surface area contributed by atoms with Gasteiger partial charge in [0, 0.05) is 41.8 Å². The van der Waals surface area contributed by atoms with Crippen LogP contribution in [-0.4, -0.2) is 52.0 Å². The summed E-state index contributed by atoms with van der Waals surface area (Å²) in [5, 5.41) is 4.52. The van der Waals surface area contributed by atoms with E-state index in [2.05, 4.69) is 33.3 Å². The molecular formula is C30H35N7O2. The number of anilines is 2. The van der Waals surface area contributed by atoms with Crippen LogP contribution in [0.1, 0.15) is 42.5 Å². The van der Waals surface area contributed by atoms with E-state index in [0.717, 1.165) is 78.7 Å². The summed E-state index contributed by atoms with van der Waals surface area (Å²) in [5.41, 5.74) is 19.3. The average Bonchev–Trinajstić information content (AvgIpc) is 3.34. The number of benzene rings is 2. The van der Waals surface area contributed by atoms with E-state index < -0.39 is 0 Å². The molecule has 0 saturated carbocycles. The van der Waals surface area contributed by atoms with E-state index in [4.69, 9.17) is 16.2 Å². The second-order valence-corrected chi connectivity index (χ2v) is 10.0. The smallest absolute Gasteiger partial charge is 0.409 e. The molecule has 2 aromatic heterocycles. The van der Waals surface area contributed by atoms with E-state index in [1.54, 1.807) is 4.90 Å². The summed E-state index contributed by atoms with van der Waals surface area (Å²) in [6.45, 7) is 2.12. The molecule has 4 N–H and O–H groups in total. The third-order valence-corrected chi connectivity index (χ3v) is 7.49. The molecule has 1 aliphatic rings. The maximum atomic E-state index is 11.7. The Morgan fingerprint density at radius 1 is 1.13 bits per heavy atom. The Morgan fingerprint density at radius 3 is 2.67 bits per heavy atom. The lowest BCUT2D eigenvalue weighted by Gasteiger charge is -2.30. The Hall–Kier alpha value is -4.40. The van der Waals surface area contributed by atoms with Gasteiger partial charge in [0.05, 0.1) is 13.7 Å². The lowest BCUT2D eigenvalue weighted by Crippen LogP contribution is -2.38. The van der Waals surface area contributed by atoms with Gasteiger partial charge in [-0.3, -0.25) is 4.99 Å². The van der Waals surface area contributed by atoms with Crippen LogP contribution >= 0.6 is 0 Å². The molecule has 5 rings (SSSR count). The summed E-state index contributed by atoms with van der Waals surface area (Å²) < 4.78 is 6.75. The Morgan fingerprint density at radius 2 is 1.92 bits per heavy atom. The molecule has 1 fully saturated rings. The summed E-state index contributed by atoms with van der Waals surface area (Å²) in [4.78, 5) is 22.3. The van der Waals surface area contributed by atoms with Crippen molar-refractivity contribution in [2.45, 2.75) is 38.6 Å². The number of aromatic nitrogens is 3. The maximum Gasteiger partial charge on any atom is 0.409 e. The number of methoxy groups -OCH3 is 1. The first-order valence-electron chi connectivity index (χ1n) is 13.4. The van der Waals surface area contributed by atoms with Gasteiger partial charge in [-0.05, 0) is 61.3 Å². The zero-order chi connectivity index (χ0) is 27.2. The van der Waals surface area contributed by atoms with Gasteiger partial charge in [-0.1, -0.05) is 42.5 Å². The highest BCUT2D eigenvalue weighted by molar-refractivity contribution is 5.93. The third kappa shape index (κ3) is 6.03. The minimum atomic E-state index is -0.231. The van der Waals surface area contributed by atoms with Crippen molar-refractivity contribution in [1.82, 2.24) is 19.5 Å². The summed E-state index contributed by atoms with van der Waals surface area (Å²) in [7, 11) is 1.44. The van der Waals surface area contributed by atoms with Crippen LogP contribution in [0.4, 0.5) is 16.3 Å². The maximum absolute atomic E-state index is 11.7. The molecule has 0 radical (unpaired) electrons. The number of carbonyl (C=O) groups is 1. The quantitative estimate of drug-likeness (QED) is 0.247. The summed E-state index contributed by atoms with van der Waals surface area (Å²) >= 11 is 0. The Labute approximate surface area is 228 Å². The monoisotopic (exact) mass is 525 g/mol. The van der Waals surface area contributed by atoms with Crippen molar-refractivity contribution in [3.63, 3.8) is 0 Å². The minimum Gasteiger partial charge on any atom is -0.453 e. The van der Waals surface area contributed by atoms with Crippen LogP contribution in [-0.2, 0) is 17.7 Å². The molecular weight excluding hydrogens is 490 g/mol. The number of carbonyl (C=O) groups excluding carboxylic acids is 1. The lowest BCUT2D eigenvalue weighted by atomic mass is 9.91. The van der Waals surface area contributed by atoms with E-state index >= 15 is 0 Å². The van der Waals surface area contributed by atoms with Crippen LogP contribution in [0, 0.1) is 5.92 Å². The van der Waals surface area contributed by atoms with Crippen molar-refractivity contribution in [1.29, 1.82) is 0 Å². The van der Waals surface area contributed by atoms with Crippen LogP contribution in [0.2, 0.25) is 0 Å². The highest BCUT2D eigenvalue weighted by Crippen LogP contribution is 2.33. The molecule has 1 amide bonds. The van der Waals surface area contributed by atoms with Crippen molar-refractivity contribution in [3.8, 4) is 11.1 Å². The van der Waals surface area contributed by atoms with E-state index in [0.29, 0.717) is 24.0 Å². The minimum absolute atomic E-state index is 0.231. The average molecular weight is 526 g/mol. The van der Waals surface area contributed by atoms with Gasteiger partial charge in [0.1, 0.15) is 11.8 Å². The molecule has 3 heterocycles. The molecule has 9 heteroatoms. The van der Waals surface area contributed by atoms with E-state index in [1.165, 1.54) is 13.4 Å². The van der Waals surface area contributed by atoms with Gasteiger partial charge < -0.3 is 21.1 Å². The van der Waals surface area contributed by atoms with Crippen LogP contribution in [0.5, 0.6) is 0 Å². The van der Waals surface area contributed by atoms with E-state index in [-0.39, 0.29) is 6.09 Å². The van der Waals surface area contributed by atoms with Crippen molar-refractivity contribution >= 4 is 29.3 Å². The number of piperidine rings is 1. The third-order valence-electron chi connectivity index (χ3n) is 7.49. The topological polar surface area (TPSA) is 124 Å². The van der Waals surface area contributed by atoms with Crippen LogP contribution in [0.3, 0.4) is 0 Å². The zero-order valence-electron chi connectivity index (χ0n) is 22.3. The fourth-order valence-electron chi connectivity index (χ4n) is 5.33. The van der Waals surface area contributed by atoms with Gasteiger partial charge in [-0.2, -0.15) is 5.10 Å². The van der Waals surface area contributed by atoms with Gasteiger partial charge in [0.25, 0.3) is 0 Å². The molecule has 0 atom stereocenters. The first-order chi connectivity index (χ1) is 19.0. The summed E-state index contributed by atoms with van der Waals surface area (Å²) in [6, 6.07) is 18.3. The first-order valence-corrected chi connectivity index (χ1v) is 13.4. The molecule has 202 valence electrons. The standard InChI is InChI=1S/C30H35N7O2/c1-39-30(38)36-14-12-21(13-15-36)8-5-9-25-17-26(28-29(32)34-20-35-37(25)28)23-10-11-24(27(31)16-23)19-33-18-22-6-3-2-4-7-22/h2-4,6-7,10-11,16-17,19-21H,5,8-9,12-15,18,31H2,1H3,(H2,32,34,35). The van der Waals surface area contributed by atoms with E-state index in [9.17, 15) is 4.79 Å².